The lowest BCUT2D eigenvalue weighted by Crippen LogP contribution is -2.55. The van der Waals surface area contributed by atoms with Crippen LogP contribution < -0.4 is 10.9 Å². The third kappa shape index (κ3) is 5.47. The number of fused-ring (bicyclic) bond motifs is 2. The van der Waals surface area contributed by atoms with Gasteiger partial charge in [0.05, 0.1) is 6.61 Å². The number of aromatic nitrogens is 2. The Hall–Kier alpha value is -3.84. The number of carbonyl (C=O) groups is 3. The number of rotatable bonds is 7. The molecule has 13 heteroatoms. The molecule has 0 spiro atoms. The molecule has 1 aromatic carbocycles. The number of likely N-dealkylation sites (N-methyl/N-ethyl adjacent to an activating group) is 2. The fraction of sp³-hybridized carbons (Fsp3) is 0.581. The average Bonchev–Trinajstić information content (AvgIpc) is 3.34. The van der Waals surface area contributed by atoms with E-state index >= 15 is 0 Å². The second-order valence-electron chi connectivity index (χ2n) is 12.8. The summed E-state index contributed by atoms with van der Waals surface area (Å²) in [5, 5.41) is 23.6. The summed E-state index contributed by atoms with van der Waals surface area (Å²) in [7, 11) is 4.49. The summed E-state index contributed by atoms with van der Waals surface area (Å²) in [5.74, 6) is -3.32. The number of aryl methyl sites for hydroxylation is 1. The lowest BCUT2D eigenvalue weighted by Gasteiger charge is -2.47. The van der Waals surface area contributed by atoms with E-state index in [9.17, 15) is 33.8 Å². The summed E-state index contributed by atoms with van der Waals surface area (Å²) in [6.45, 7) is 3.30. The van der Waals surface area contributed by atoms with Crippen LogP contribution in [-0.4, -0.2) is 99.1 Å². The molecular formula is C31H41FN6O6. The SMILES string of the molecule is Cc1cc(CNC(=O)c2nc3n(c(=O)c2O)CC2(CN4CCCC4CO)CCC3(N(C)C(=O)C(=O)N(C)C)CC2)ccc1F. The molecule has 2 aromatic rings. The first-order valence-corrected chi connectivity index (χ1v) is 15.0. The molecule has 1 saturated carbocycles. The van der Waals surface area contributed by atoms with Crippen molar-refractivity contribution in [1.82, 2.24) is 29.6 Å². The molecule has 3 aliphatic heterocycles. The molecule has 3 N–H and O–H groups in total. The second-order valence-corrected chi connectivity index (χ2v) is 12.8. The van der Waals surface area contributed by atoms with Gasteiger partial charge >= 0.3 is 11.8 Å². The van der Waals surface area contributed by atoms with Gasteiger partial charge in [-0.25, -0.2) is 9.37 Å². The van der Waals surface area contributed by atoms with Crippen molar-refractivity contribution in [3.8, 4) is 5.75 Å². The number of hydrogen-bond donors (Lipinski definition) is 3. The molecule has 2 fully saturated rings. The highest BCUT2D eigenvalue weighted by Gasteiger charge is 2.55. The summed E-state index contributed by atoms with van der Waals surface area (Å²) in [6, 6.07) is 4.44. The summed E-state index contributed by atoms with van der Waals surface area (Å²) in [4.78, 5) is 62.8. The van der Waals surface area contributed by atoms with E-state index in [2.05, 4.69) is 15.2 Å². The number of nitrogens with one attached hydrogen (secondary N) is 1. The van der Waals surface area contributed by atoms with E-state index in [1.165, 1.54) is 47.6 Å². The number of aliphatic hydroxyl groups is 1. The fourth-order valence-corrected chi connectivity index (χ4v) is 7.16. The molecule has 1 atom stereocenters. The Bertz CT molecular complexity index is 1530. The van der Waals surface area contributed by atoms with Crippen LogP contribution in [0.5, 0.6) is 5.75 Å². The molecule has 1 saturated heterocycles. The molecule has 1 aromatic heterocycles. The number of likely N-dealkylation sites (tertiary alicyclic amines) is 1. The van der Waals surface area contributed by atoms with Crippen LogP contribution in [0.1, 0.15) is 66.0 Å². The third-order valence-corrected chi connectivity index (χ3v) is 9.87. The monoisotopic (exact) mass is 612 g/mol. The van der Waals surface area contributed by atoms with Crippen LogP contribution >= 0.6 is 0 Å². The van der Waals surface area contributed by atoms with Crippen LogP contribution in [-0.2, 0) is 28.2 Å². The van der Waals surface area contributed by atoms with Gasteiger partial charge in [-0.2, -0.15) is 0 Å². The molecule has 6 rings (SSSR count). The van der Waals surface area contributed by atoms with Gasteiger partial charge in [-0.1, -0.05) is 12.1 Å². The van der Waals surface area contributed by atoms with E-state index in [0.717, 1.165) is 19.4 Å². The van der Waals surface area contributed by atoms with E-state index in [0.29, 0.717) is 43.4 Å². The Kier molecular flexibility index (Phi) is 8.56. The van der Waals surface area contributed by atoms with Crippen LogP contribution in [0, 0.1) is 18.2 Å². The van der Waals surface area contributed by atoms with E-state index in [-0.39, 0.29) is 37.4 Å². The Morgan fingerprint density at radius 1 is 1.14 bits per heavy atom. The van der Waals surface area contributed by atoms with Crippen molar-refractivity contribution >= 4 is 17.7 Å². The maximum Gasteiger partial charge on any atom is 0.312 e. The lowest BCUT2D eigenvalue weighted by molar-refractivity contribution is -0.155. The molecule has 0 radical (unpaired) electrons. The number of halogens is 1. The number of benzene rings is 1. The minimum absolute atomic E-state index is 0.00529. The van der Waals surface area contributed by atoms with Gasteiger partial charge in [0.15, 0.2) is 5.69 Å². The second kappa shape index (κ2) is 11.9. The Balaban J connectivity index is 1.56. The topological polar surface area (TPSA) is 148 Å². The number of aromatic hydroxyl groups is 1. The minimum Gasteiger partial charge on any atom is -0.501 e. The normalized spacial score (nSPS) is 24.5. The molecule has 4 heterocycles. The van der Waals surface area contributed by atoms with Crippen LogP contribution in [0.4, 0.5) is 4.39 Å². The quantitative estimate of drug-likeness (QED) is 0.394. The van der Waals surface area contributed by atoms with Crippen LogP contribution in [0.15, 0.2) is 23.0 Å². The summed E-state index contributed by atoms with van der Waals surface area (Å²) >= 11 is 0. The Morgan fingerprint density at radius 3 is 2.48 bits per heavy atom. The van der Waals surface area contributed by atoms with Crippen molar-refractivity contribution < 1.29 is 29.0 Å². The molecule has 1 unspecified atom stereocenters. The molecule has 1 aliphatic carbocycles. The van der Waals surface area contributed by atoms with Gasteiger partial charge in [0.25, 0.3) is 11.5 Å². The number of aliphatic hydroxyl groups excluding tert-OH is 1. The maximum atomic E-state index is 13.9. The smallest absolute Gasteiger partial charge is 0.312 e. The number of hydrogen-bond acceptors (Lipinski definition) is 8. The minimum atomic E-state index is -1.18. The lowest BCUT2D eigenvalue weighted by atomic mass is 9.67. The highest BCUT2D eigenvalue weighted by atomic mass is 19.1. The van der Waals surface area contributed by atoms with E-state index in [1.807, 2.05) is 0 Å². The van der Waals surface area contributed by atoms with Crippen molar-refractivity contribution in [2.75, 3.05) is 40.8 Å². The van der Waals surface area contributed by atoms with Gasteiger partial charge in [0.1, 0.15) is 17.2 Å². The third-order valence-electron chi connectivity index (χ3n) is 9.87. The molecule has 238 valence electrons. The van der Waals surface area contributed by atoms with Gasteiger partial charge in [-0.15, -0.1) is 0 Å². The summed E-state index contributed by atoms with van der Waals surface area (Å²) < 4.78 is 15.1. The first-order valence-electron chi connectivity index (χ1n) is 15.0. The van der Waals surface area contributed by atoms with Gasteiger partial charge in [0, 0.05) is 52.2 Å². The predicted molar refractivity (Wildman–Crippen MR) is 158 cm³/mol. The van der Waals surface area contributed by atoms with Gasteiger partial charge in [-0.05, 0) is 69.2 Å². The fourth-order valence-electron chi connectivity index (χ4n) is 7.16. The number of carbonyl (C=O) groups excluding carboxylic acids is 3. The van der Waals surface area contributed by atoms with Crippen LogP contribution in [0.25, 0.3) is 0 Å². The Morgan fingerprint density at radius 2 is 1.84 bits per heavy atom. The van der Waals surface area contributed by atoms with Gasteiger partial charge in [0.2, 0.25) is 5.75 Å². The van der Waals surface area contributed by atoms with Crippen molar-refractivity contribution in [3.63, 3.8) is 0 Å². The molecule has 2 bridgehead atoms. The van der Waals surface area contributed by atoms with Crippen molar-refractivity contribution in [1.29, 1.82) is 0 Å². The molecule has 44 heavy (non-hydrogen) atoms. The highest BCUT2D eigenvalue weighted by molar-refractivity contribution is 6.34. The van der Waals surface area contributed by atoms with Crippen molar-refractivity contribution in [3.05, 3.63) is 57.0 Å². The number of nitrogens with zero attached hydrogens (tertiary/aromatic N) is 5. The summed E-state index contributed by atoms with van der Waals surface area (Å²) in [6.07, 6.45) is 3.83. The molecular weight excluding hydrogens is 571 g/mol. The standard InChI is InChI=1S/C31H41FN6O6/c1-19-14-20(7-8-22(19)32)15-33-25(41)23-24(40)26(42)38-18-30(17-37-13-5-6-21(37)16-39)9-11-31(12-10-30,29(38)34-23)36(4)28(44)27(43)35(2)3/h7-8,14,21,39-40H,5-6,9-13,15-18H2,1-4H3,(H,33,41). The summed E-state index contributed by atoms with van der Waals surface area (Å²) in [5.41, 5.74) is -1.83. The first kappa shape index (κ1) is 31.6. The van der Waals surface area contributed by atoms with Gasteiger partial charge in [-0.3, -0.25) is 28.6 Å². The van der Waals surface area contributed by atoms with Crippen LogP contribution in [0.2, 0.25) is 0 Å². The zero-order valence-corrected chi connectivity index (χ0v) is 25.7. The maximum absolute atomic E-state index is 13.9. The molecule has 3 amide bonds. The Labute approximate surface area is 255 Å². The average molecular weight is 613 g/mol. The van der Waals surface area contributed by atoms with Crippen molar-refractivity contribution in [2.45, 2.75) is 70.1 Å². The largest absolute Gasteiger partial charge is 0.501 e. The zero-order chi connectivity index (χ0) is 32.0. The first-order chi connectivity index (χ1) is 20.8. The highest BCUT2D eigenvalue weighted by Crippen LogP contribution is 2.52. The van der Waals surface area contributed by atoms with Gasteiger partial charge < -0.3 is 25.3 Å². The number of amides is 3. The zero-order valence-electron chi connectivity index (χ0n) is 25.7. The molecule has 12 nitrogen and oxygen atoms in total. The van der Waals surface area contributed by atoms with Crippen molar-refractivity contribution in [2.24, 2.45) is 5.41 Å². The van der Waals surface area contributed by atoms with E-state index in [4.69, 9.17) is 0 Å². The van der Waals surface area contributed by atoms with E-state index in [1.54, 1.807) is 13.0 Å². The predicted octanol–water partition coefficient (Wildman–Crippen LogP) is 1.10. The molecule has 4 aliphatic rings. The van der Waals surface area contributed by atoms with E-state index < -0.39 is 45.7 Å². The van der Waals surface area contributed by atoms with Crippen LogP contribution in [0.3, 0.4) is 0 Å².